The van der Waals surface area contributed by atoms with Gasteiger partial charge in [0.25, 0.3) is 0 Å². The summed E-state index contributed by atoms with van der Waals surface area (Å²) < 4.78 is 0. The molecule has 1 heterocycles. The number of aromatic nitrogens is 1. The fraction of sp³-hybridized carbons (Fsp3) is 0.438. The van der Waals surface area contributed by atoms with Crippen molar-refractivity contribution in [1.82, 2.24) is 4.98 Å². The number of hydrogen-bond donors (Lipinski definition) is 2. The molecule has 0 saturated heterocycles. The molecule has 20 heavy (non-hydrogen) atoms. The Morgan fingerprint density at radius 1 is 1.20 bits per heavy atom. The fourth-order valence-corrected chi connectivity index (χ4v) is 3.06. The van der Waals surface area contributed by atoms with Crippen LogP contribution in [0.2, 0.25) is 5.02 Å². The third-order valence-corrected chi connectivity index (χ3v) is 4.25. The van der Waals surface area contributed by atoms with Gasteiger partial charge in [0.2, 0.25) is 0 Å². The highest BCUT2D eigenvalue weighted by molar-refractivity contribution is 6.31. The van der Waals surface area contributed by atoms with Crippen molar-refractivity contribution < 1.29 is 5.11 Å². The van der Waals surface area contributed by atoms with Gasteiger partial charge in [0.05, 0.1) is 5.56 Å². The Bertz CT molecular complexity index is 625. The minimum atomic E-state index is 0.166. The quantitative estimate of drug-likeness (QED) is 0.613. The maximum atomic E-state index is 10.0. The first kappa shape index (κ1) is 13.5. The van der Waals surface area contributed by atoms with E-state index in [0.717, 1.165) is 29.3 Å². The fourth-order valence-electron chi connectivity index (χ4n) is 2.89. The van der Waals surface area contributed by atoms with Gasteiger partial charge in [-0.1, -0.05) is 37.3 Å². The maximum absolute atomic E-state index is 10.0. The minimum absolute atomic E-state index is 0.166. The van der Waals surface area contributed by atoms with Crippen LogP contribution >= 0.6 is 11.6 Å². The molecule has 3 nitrogen and oxygen atoms in total. The molecule has 0 bridgehead atoms. The average Bonchev–Trinajstić information content (AvgIpc) is 2.63. The lowest BCUT2D eigenvalue weighted by molar-refractivity contribution is 0.457. The molecule has 1 aromatic heterocycles. The van der Waals surface area contributed by atoms with Crippen molar-refractivity contribution in [3.63, 3.8) is 0 Å². The van der Waals surface area contributed by atoms with Crippen LogP contribution in [0.1, 0.15) is 44.1 Å². The van der Waals surface area contributed by atoms with E-state index in [9.17, 15) is 5.11 Å². The first-order chi connectivity index (χ1) is 9.74. The van der Waals surface area contributed by atoms with Crippen molar-refractivity contribution in [3.05, 3.63) is 28.8 Å². The van der Waals surface area contributed by atoms with E-state index in [0.29, 0.717) is 11.1 Å². The molecule has 0 aliphatic heterocycles. The normalized spacial score (nSPS) is 17.9. The Kier molecular flexibility index (Phi) is 3.97. The minimum Gasteiger partial charge on any atom is -0.494 e. The first-order valence-corrected chi connectivity index (χ1v) is 7.65. The molecule has 0 amide bonds. The van der Waals surface area contributed by atoms with Gasteiger partial charge in [-0.05, 0) is 31.0 Å². The van der Waals surface area contributed by atoms with E-state index < -0.39 is 0 Å². The van der Waals surface area contributed by atoms with E-state index in [1.807, 2.05) is 18.2 Å². The van der Waals surface area contributed by atoms with Gasteiger partial charge < -0.3 is 10.1 Å². The second-order valence-corrected chi connectivity index (χ2v) is 5.94. The van der Waals surface area contributed by atoms with Gasteiger partial charge in [0.15, 0.2) is 5.88 Å². The van der Waals surface area contributed by atoms with Gasteiger partial charge in [-0.3, -0.25) is 4.99 Å². The van der Waals surface area contributed by atoms with Crippen LogP contribution in [0.15, 0.2) is 23.2 Å². The summed E-state index contributed by atoms with van der Waals surface area (Å²) in [5.74, 6) is 0.166. The lowest BCUT2D eigenvalue weighted by Crippen LogP contribution is -2.02. The number of hydrogen-bond acceptors (Lipinski definition) is 2. The Hall–Kier alpha value is -1.48. The van der Waals surface area contributed by atoms with Gasteiger partial charge in [-0.2, -0.15) is 0 Å². The van der Waals surface area contributed by atoms with Crippen LogP contribution in [0, 0.1) is 0 Å². The van der Waals surface area contributed by atoms with Crippen molar-refractivity contribution in [2.24, 2.45) is 4.99 Å². The van der Waals surface area contributed by atoms with Gasteiger partial charge in [0, 0.05) is 28.2 Å². The standard InChI is InChI=1S/C16H19ClN2O/c17-11-7-8-15-13(9-11)14(16(20)19-15)10-18-12-5-3-1-2-4-6-12/h7-10,12,19-20H,1-6H2. The van der Waals surface area contributed by atoms with Crippen LogP contribution in [0.5, 0.6) is 5.88 Å². The van der Waals surface area contributed by atoms with Gasteiger partial charge in [-0.25, -0.2) is 0 Å². The number of rotatable bonds is 2. The molecule has 2 aromatic rings. The van der Waals surface area contributed by atoms with Crippen LogP contribution in [-0.2, 0) is 0 Å². The third kappa shape index (κ3) is 2.83. The number of aliphatic imine (C=N–C) groups is 1. The molecule has 0 radical (unpaired) electrons. The zero-order valence-corrected chi connectivity index (χ0v) is 12.2. The highest BCUT2D eigenvalue weighted by Crippen LogP contribution is 2.28. The summed E-state index contributed by atoms with van der Waals surface area (Å²) in [6, 6.07) is 5.94. The van der Waals surface area contributed by atoms with Crippen molar-refractivity contribution in [2.75, 3.05) is 0 Å². The van der Waals surface area contributed by atoms with E-state index in [-0.39, 0.29) is 5.88 Å². The molecule has 1 aromatic carbocycles. The molecule has 4 heteroatoms. The maximum Gasteiger partial charge on any atom is 0.198 e. The molecule has 3 rings (SSSR count). The number of fused-ring (bicyclic) bond motifs is 1. The molecule has 1 aliphatic carbocycles. The Labute approximate surface area is 123 Å². The summed E-state index contributed by atoms with van der Waals surface area (Å²) >= 11 is 6.03. The van der Waals surface area contributed by atoms with Crippen LogP contribution in [0.25, 0.3) is 10.9 Å². The summed E-state index contributed by atoms with van der Waals surface area (Å²) in [5.41, 5.74) is 1.63. The number of nitrogens with one attached hydrogen (secondary N) is 1. The molecular formula is C16H19ClN2O. The number of aromatic amines is 1. The summed E-state index contributed by atoms with van der Waals surface area (Å²) in [7, 11) is 0. The second-order valence-electron chi connectivity index (χ2n) is 5.50. The van der Waals surface area contributed by atoms with Crippen LogP contribution in [0.3, 0.4) is 0 Å². The number of halogens is 1. The Morgan fingerprint density at radius 3 is 2.70 bits per heavy atom. The van der Waals surface area contributed by atoms with E-state index in [4.69, 9.17) is 11.6 Å². The number of H-pyrrole nitrogens is 1. The van der Waals surface area contributed by atoms with E-state index in [1.54, 1.807) is 6.21 Å². The van der Waals surface area contributed by atoms with Crippen LogP contribution in [0.4, 0.5) is 0 Å². The largest absolute Gasteiger partial charge is 0.494 e. The molecule has 106 valence electrons. The highest BCUT2D eigenvalue weighted by Gasteiger charge is 2.12. The second kappa shape index (κ2) is 5.88. The molecular weight excluding hydrogens is 272 g/mol. The molecule has 0 unspecified atom stereocenters. The lowest BCUT2D eigenvalue weighted by Gasteiger charge is -2.07. The van der Waals surface area contributed by atoms with Crippen molar-refractivity contribution in [2.45, 2.75) is 44.6 Å². The van der Waals surface area contributed by atoms with Gasteiger partial charge in [0.1, 0.15) is 0 Å². The van der Waals surface area contributed by atoms with E-state index in [1.165, 1.54) is 25.7 Å². The Morgan fingerprint density at radius 2 is 1.95 bits per heavy atom. The highest BCUT2D eigenvalue weighted by atomic mass is 35.5. The molecule has 0 atom stereocenters. The van der Waals surface area contributed by atoms with Crippen molar-refractivity contribution in [1.29, 1.82) is 0 Å². The topological polar surface area (TPSA) is 48.4 Å². The summed E-state index contributed by atoms with van der Waals surface area (Å²) in [5, 5.41) is 11.6. The average molecular weight is 291 g/mol. The van der Waals surface area contributed by atoms with E-state index in [2.05, 4.69) is 9.98 Å². The lowest BCUT2D eigenvalue weighted by atomic mass is 10.1. The molecule has 1 aliphatic rings. The predicted octanol–water partition coefficient (Wildman–Crippen LogP) is 4.67. The van der Waals surface area contributed by atoms with E-state index >= 15 is 0 Å². The SMILES string of the molecule is Oc1[nH]c2ccc(Cl)cc2c1C=NC1CCCCCC1. The summed E-state index contributed by atoms with van der Waals surface area (Å²) in [6.07, 6.45) is 9.27. The molecule has 2 N–H and O–H groups in total. The smallest absolute Gasteiger partial charge is 0.198 e. The molecule has 0 spiro atoms. The Balaban J connectivity index is 1.89. The number of benzene rings is 1. The zero-order valence-electron chi connectivity index (χ0n) is 11.4. The summed E-state index contributed by atoms with van der Waals surface area (Å²) in [6.45, 7) is 0. The molecule has 1 saturated carbocycles. The van der Waals surface area contributed by atoms with Crippen LogP contribution < -0.4 is 0 Å². The summed E-state index contributed by atoms with van der Waals surface area (Å²) in [4.78, 5) is 7.64. The van der Waals surface area contributed by atoms with Crippen LogP contribution in [-0.4, -0.2) is 22.3 Å². The zero-order chi connectivity index (χ0) is 13.9. The van der Waals surface area contributed by atoms with Gasteiger partial charge >= 0.3 is 0 Å². The first-order valence-electron chi connectivity index (χ1n) is 7.27. The van der Waals surface area contributed by atoms with Gasteiger partial charge in [-0.15, -0.1) is 0 Å². The number of nitrogens with zero attached hydrogens (tertiary/aromatic N) is 1. The monoisotopic (exact) mass is 290 g/mol. The number of aromatic hydroxyl groups is 1. The van der Waals surface area contributed by atoms with Crippen molar-refractivity contribution in [3.8, 4) is 5.88 Å². The molecule has 1 fully saturated rings. The van der Waals surface area contributed by atoms with Crippen molar-refractivity contribution >= 4 is 28.7 Å². The third-order valence-electron chi connectivity index (χ3n) is 4.02. The predicted molar refractivity (Wildman–Crippen MR) is 84.1 cm³/mol.